The molecule has 0 aliphatic carbocycles. The lowest BCUT2D eigenvalue weighted by Gasteiger charge is -2.25. The van der Waals surface area contributed by atoms with Crippen LogP contribution in [0.3, 0.4) is 0 Å². The summed E-state index contributed by atoms with van der Waals surface area (Å²) in [4.78, 5) is 34.6. The Morgan fingerprint density at radius 1 is 1.29 bits per heavy atom. The first-order valence-electron chi connectivity index (χ1n) is 8.19. The third-order valence-electron chi connectivity index (χ3n) is 3.86. The number of nitrogens with zero attached hydrogens (tertiary/aromatic N) is 1. The number of ether oxygens (including phenoxy) is 3. The van der Waals surface area contributed by atoms with Crippen LogP contribution >= 0.6 is 11.6 Å². The number of rotatable bonds is 5. The van der Waals surface area contributed by atoms with E-state index < -0.39 is 29.0 Å². The quantitative estimate of drug-likeness (QED) is 0.460. The van der Waals surface area contributed by atoms with Gasteiger partial charge in [-0.05, 0) is 25.1 Å². The van der Waals surface area contributed by atoms with Gasteiger partial charge in [-0.1, -0.05) is 23.7 Å². The highest BCUT2D eigenvalue weighted by molar-refractivity contribution is 6.34. The minimum atomic E-state index is -1.15. The highest BCUT2D eigenvalue weighted by atomic mass is 35.5. The Balaban J connectivity index is 1.58. The molecule has 1 heterocycles. The zero-order valence-electron chi connectivity index (χ0n) is 14.6. The number of non-ortho nitro benzene ring substituents is 1. The summed E-state index contributed by atoms with van der Waals surface area (Å²) in [6, 6.07) is 10.5. The molecule has 1 aliphatic heterocycles. The number of nitro groups is 1. The molecule has 0 radical (unpaired) electrons. The smallest absolute Gasteiger partial charge is 0.351 e. The average Bonchev–Trinajstić information content (AvgIpc) is 2.68. The zero-order valence-corrected chi connectivity index (χ0v) is 15.3. The van der Waals surface area contributed by atoms with Crippen molar-refractivity contribution in [3.05, 3.63) is 57.6 Å². The minimum absolute atomic E-state index is 0.0123. The average molecular weight is 407 g/mol. The summed E-state index contributed by atoms with van der Waals surface area (Å²) in [5.74, 6) is -0.483. The summed E-state index contributed by atoms with van der Waals surface area (Å²) in [5, 5.41) is 13.2. The summed E-state index contributed by atoms with van der Waals surface area (Å²) in [6.07, 6.45) is -2.16. The van der Waals surface area contributed by atoms with Crippen LogP contribution in [0.5, 0.6) is 11.5 Å². The molecule has 146 valence electrons. The van der Waals surface area contributed by atoms with E-state index in [1.807, 2.05) is 0 Å². The van der Waals surface area contributed by atoms with Crippen LogP contribution in [0.2, 0.25) is 5.02 Å². The van der Waals surface area contributed by atoms with Crippen molar-refractivity contribution >= 4 is 34.9 Å². The van der Waals surface area contributed by atoms with Crippen LogP contribution < -0.4 is 14.8 Å². The van der Waals surface area contributed by atoms with Gasteiger partial charge in [0, 0.05) is 12.1 Å². The Kier molecular flexibility index (Phi) is 5.65. The molecular formula is C18H15ClN2O7. The lowest BCUT2D eigenvalue weighted by Crippen LogP contribution is -2.41. The molecule has 10 heteroatoms. The van der Waals surface area contributed by atoms with Crippen molar-refractivity contribution in [2.24, 2.45) is 0 Å². The summed E-state index contributed by atoms with van der Waals surface area (Å²) in [6.45, 7) is 1.34. The van der Waals surface area contributed by atoms with Crippen LogP contribution in [0.25, 0.3) is 0 Å². The Bertz CT molecular complexity index is 934. The summed E-state index contributed by atoms with van der Waals surface area (Å²) >= 11 is 5.93. The molecule has 1 amide bonds. The number of hydrogen-bond acceptors (Lipinski definition) is 7. The van der Waals surface area contributed by atoms with E-state index in [2.05, 4.69) is 5.32 Å². The van der Waals surface area contributed by atoms with Gasteiger partial charge in [0.25, 0.3) is 11.6 Å². The van der Waals surface area contributed by atoms with Crippen molar-refractivity contribution in [1.29, 1.82) is 0 Å². The van der Waals surface area contributed by atoms with Gasteiger partial charge >= 0.3 is 5.97 Å². The van der Waals surface area contributed by atoms with Gasteiger partial charge in [-0.2, -0.15) is 0 Å². The van der Waals surface area contributed by atoms with Crippen LogP contribution in [-0.4, -0.2) is 35.6 Å². The second-order valence-corrected chi connectivity index (χ2v) is 6.26. The van der Waals surface area contributed by atoms with Crippen LogP contribution in [0.1, 0.15) is 6.92 Å². The van der Waals surface area contributed by atoms with Crippen molar-refractivity contribution in [3.63, 3.8) is 0 Å². The maximum absolute atomic E-state index is 12.3. The maximum Gasteiger partial charge on any atom is 0.351 e. The second kappa shape index (κ2) is 8.13. The zero-order chi connectivity index (χ0) is 20.3. The number of fused-ring (bicyclic) bond motifs is 1. The van der Waals surface area contributed by atoms with E-state index in [1.165, 1.54) is 19.1 Å². The lowest BCUT2D eigenvalue weighted by atomic mass is 10.2. The third-order valence-corrected chi connectivity index (χ3v) is 4.17. The van der Waals surface area contributed by atoms with Crippen molar-refractivity contribution in [2.75, 3.05) is 11.9 Å². The molecule has 1 N–H and O–H groups in total. The molecule has 0 saturated carbocycles. The number of amides is 1. The van der Waals surface area contributed by atoms with Crippen LogP contribution in [-0.2, 0) is 14.3 Å². The number of halogens is 1. The fourth-order valence-corrected chi connectivity index (χ4v) is 2.61. The molecular weight excluding hydrogens is 392 g/mol. The van der Waals surface area contributed by atoms with Crippen LogP contribution in [0, 0.1) is 10.1 Å². The molecule has 9 nitrogen and oxygen atoms in total. The van der Waals surface area contributed by atoms with E-state index in [0.29, 0.717) is 11.5 Å². The molecule has 2 unspecified atom stereocenters. The summed E-state index contributed by atoms with van der Waals surface area (Å²) < 4.78 is 16.1. The first-order valence-corrected chi connectivity index (χ1v) is 8.56. The fraction of sp³-hybridized carbons (Fsp3) is 0.222. The van der Waals surface area contributed by atoms with E-state index in [4.69, 9.17) is 25.8 Å². The first-order chi connectivity index (χ1) is 13.3. The van der Waals surface area contributed by atoms with Crippen molar-refractivity contribution in [2.45, 2.75) is 19.1 Å². The van der Waals surface area contributed by atoms with Crippen LogP contribution in [0.15, 0.2) is 42.5 Å². The molecule has 2 aromatic rings. The Hall–Kier alpha value is -3.33. The van der Waals surface area contributed by atoms with Gasteiger partial charge in [-0.15, -0.1) is 0 Å². The number of carbonyl (C=O) groups is 2. The highest BCUT2D eigenvalue weighted by Crippen LogP contribution is 2.31. The predicted molar refractivity (Wildman–Crippen MR) is 98.6 cm³/mol. The number of nitrogens with one attached hydrogen (secondary N) is 1. The Morgan fingerprint density at radius 3 is 2.68 bits per heavy atom. The predicted octanol–water partition coefficient (Wildman–Crippen LogP) is 2.96. The van der Waals surface area contributed by atoms with Gasteiger partial charge < -0.3 is 19.5 Å². The molecule has 2 atom stereocenters. The van der Waals surface area contributed by atoms with Gasteiger partial charge in [0.2, 0.25) is 6.10 Å². The number of carbonyl (C=O) groups excluding carboxylic acids is 2. The first kappa shape index (κ1) is 19.4. The molecule has 28 heavy (non-hydrogen) atoms. The fourth-order valence-electron chi connectivity index (χ4n) is 2.39. The van der Waals surface area contributed by atoms with E-state index in [9.17, 15) is 19.7 Å². The van der Waals surface area contributed by atoms with Crippen molar-refractivity contribution in [3.8, 4) is 11.5 Å². The highest BCUT2D eigenvalue weighted by Gasteiger charge is 2.31. The number of nitro benzene ring substituents is 1. The monoisotopic (exact) mass is 406 g/mol. The standard InChI is InChI=1S/C18H15ClN2O7/c1-10(17(22)20-13-7-6-11(21(24)25)8-12(13)19)27-18(23)16-9-26-14-4-2-3-5-15(14)28-16/h2-8,10,16H,9H2,1H3,(H,20,22). The summed E-state index contributed by atoms with van der Waals surface area (Å²) in [5.41, 5.74) is -0.0523. The Morgan fingerprint density at radius 2 is 2.00 bits per heavy atom. The molecule has 0 aromatic heterocycles. The number of anilines is 1. The SMILES string of the molecule is CC(OC(=O)C1COc2ccccc2O1)C(=O)Nc1ccc([N+](=O)[O-])cc1Cl. The maximum atomic E-state index is 12.3. The van der Waals surface area contributed by atoms with Gasteiger partial charge in [0.15, 0.2) is 17.6 Å². The van der Waals surface area contributed by atoms with Gasteiger partial charge in [-0.3, -0.25) is 14.9 Å². The normalized spacial score (nSPS) is 16.0. The minimum Gasteiger partial charge on any atom is -0.485 e. The van der Waals surface area contributed by atoms with Crippen molar-refractivity contribution < 1.29 is 28.7 Å². The number of hydrogen-bond donors (Lipinski definition) is 1. The number of esters is 1. The van der Waals surface area contributed by atoms with Gasteiger partial charge in [0.1, 0.15) is 6.61 Å². The van der Waals surface area contributed by atoms with Crippen molar-refractivity contribution in [1.82, 2.24) is 0 Å². The third kappa shape index (κ3) is 4.32. The van der Waals surface area contributed by atoms with E-state index in [0.717, 1.165) is 6.07 Å². The Labute approximate surface area is 164 Å². The number of benzene rings is 2. The van der Waals surface area contributed by atoms with E-state index in [-0.39, 0.29) is 23.0 Å². The molecule has 0 bridgehead atoms. The number of para-hydroxylation sites is 2. The largest absolute Gasteiger partial charge is 0.485 e. The van der Waals surface area contributed by atoms with E-state index >= 15 is 0 Å². The van der Waals surface area contributed by atoms with Gasteiger partial charge in [-0.25, -0.2) is 4.79 Å². The molecule has 0 spiro atoms. The second-order valence-electron chi connectivity index (χ2n) is 5.85. The molecule has 3 rings (SSSR count). The van der Waals surface area contributed by atoms with Crippen LogP contribution in [0.4, 0.5) is 11.4 Å². The summed E-state index contributed by atoms with van der Waals surface area (Å²) in [7, 11) is 0. The molecule has 0 saturated heterocycles. The van der Waals surface area contributed by atoms with Gasteiger partial charge in [0.05, 0.1) is 15.6 Å². The molecule has 1 aliphatic rings. The molecule has 0 fully saturated rings. The topological polar surface area (TPSA) is 117 Å². The van der Waals surface area contributed by atoms with E-state index in [1.54, 1.807) is 24.3 Å². The lowest BCUT2D eigenvalue weighted by molar-refractivity contribution is -0.384. The molecule has 2 aromatic carbocycles.